The van der Waals surface area contributed by atoms with Crippen LogP contribution in [0, 0.1) is 5.92 Å². The molecule has 3 fully saturated rings. The molecule has 41 heteroatoms. The summed E-state index contributed by atoms with van der Waals surface area (Å²) in [6.07, 6.45) is -17.3. The molecule has 6 aromatic rings. The maximum absolute atomic E-state index is 16.3. The Bertz CT molecular complexity index is 4990. The van der Waals surface area contributed by atoms with Crippen molar-refractivity contribution in [2.24, 2.45) is 11.7 Å². The number of likely N-dealkylation sites (tertiary alicyclic amines) is 1. The molecular formula is C82H96Cl4N12O25. The predicted octanol–water partition coefficient (Wildman–Crippen LogP) is 2.46. The van der Waals surface area contributed by atoms with Gasteiger partial charge in [-0.1, -0.05) is 84.5 Å². The number of aliphatic hydroxyl groups is 6. The molecule has 0 aliphatic carbocycles. The van der Waals surface area contributed by atoms with E-state index in [0.717, 1.165) is 67.8 Å². The fraction of sp³-hybridized carbons (Fsp3) is 0.451. The minimum Gasteiger partial charge on any atom is -0.508 e. The molecule has 0 saturated carbocycles. The monoisotopic (exact) mass is 1790 g/mol. The van der Waals surface area contributed by atoms with Crippen LogP contribution in [-0.4, -0.2) is 236 Å². The largest absolute Gasteiger partial charge is 0.508 e. The highest BCUT2D eigenvalue weighted by atomic mass is 35.5. The summed E-state index contributed by atoms with van der Waals surface area (Å²) in [4.78, 5) is 140. The third-order valence-corrected chi connectivity index (χ3v) is 23.5. The van der Waals surface area contributed by atoms with E-state index in [1.165, 1.54) is 25.2 Å². The summed E-state index contributed by atoms with van der Waals surface area (Å²) < 4.78 is 39.6. The summed E-state index contributed by atoms with van der Waals surface area (Å²) in [5, 5.41) is 131. The molecule has 6 aromatic carbocycles. The van der Waals surface area contributed by atoms with E-state index in [0.29, 0.717) is 54.6 Å². The number of ether oxygens (including phenoxy) is 6. The van der Waals surface area contributed by atoms with Crippen LogP contribution in [0.2, 0.25) is 20.1 Å². The van der Waals surface area contributed by atoms with Crippen molar-refractivity contribution in [3.05, 3.63) is 151 Å². The molecule has 3 saturated heterocycles. The van der Waals surface area contributed by atoms with Crippen LogP contribution in [0.15, 0.2) is 97.1 Å². The van der Waals surface area contributed by atoms with Gasteiger partial charge in [0.1, 0.15) is 95.5 Å². The zero-order chi connectivity index (χ0) is 88.9. The van der Waals surface area contributed by atoms with E-state index in [2.05, 4.69) is 58.2 Å². The van der Waals surface area contributed by atoms with Gasteiger partial charge in [-0.15, -0.1) is 0 Å². The minimum atomic E-state index is -2.36. The fourth-order valence-electron chi connectivity index (χ4n) is 15.7. The summed E-state index contributed by atoms with van der Waals surface area (Å²) in [5.41, 5.74) is 4.81. The lowest BCUT2D eigenvalue weighted by molar-refractivity contribution is -0.334. The Morgan fingerprint density at radius 3 is 1.95 bits per heavy atom. The highest BCUT2D eigenvalue weighted by Gasteiger charge is 2.52. The van der Waals surface area contributed by atoms with Crippen LogP contribution in [0.4, 0.5) is 0 Å². The molecule has 0 unspecified atom stereocenters. The first-order chi connectivity index (χ1) is 58.4. The number of primary amides is 1. The summed E-state index contributed by atoms with van der Waals surface area (Å²) in [7, 11) is 2.52. The SMILES string of the molecule is CN[C@H](CC(C)C)C(=O)N[C@H]1C(=O)N[C@@H](CC(N)=O)C(=O)N[C@H]2C(=O)N[C@H]3C(=O)N[C@H](C(=O)N[C@@H](C(=O)NOC)c4cc(O)cc(O)c4-c4cc3ccc4O)[C@H](O)c3ccc(c(Cl)c3)Oc3cc2cc(c3O[C@@H]2O[C@H](CO)[C@@H](O)[C@H](O)[C@H]2O[C@H]2C[C@](C)(NCCN3CCC(NC(=O)Cc4ccc(Cl)c(Cl)c4)CC3)[C@H](O)[C@H](C)O2)Oc2ccc(cc2Cl)[C@H]1O. The Kier molecular flexibility index (Phi) is 29.6. The zero-order valence-corrected chi connectivity index (χ0v) is 70.1. The Morgan fingerprint density at radius 2 is 1.33 bits per heavy atom. The molecule has 21 N–H and O–H groups in total. The van der Waals surface area contributed by atoms with Crippen LogP contribution in [0.1, 0.15) is 124 Å². The highest BCUT2D eigenvalue weighted by molar-refractivity contribution is 6.42. The van der Waals surface area contributed by atoms with Crippen molar-refractivity contribution in [1.82, 2.24) is 58.2 Å². The van der Waals surface area contributed by atoms with Crippen molar-refractivity contribution in [3.63, 3.8) is 0 Å². The van der Waals surface area contributed by atoms with Crippen LogP contribution in [0.5, 0.6) is 46.0 Å². The number of likely N-dealkylation sites (N-methyl/N-ethyl adjacent to an activating group) is 1. The van der Waals surface area contributed by atoms with Gasteiger partial charge in [0.15, 0.2) is 23.9 Å². The second-order valence-corrected chi connectivity index (χ2v) is 33.1. The average Bonchev–Trinajstić information content (AvgIpc) is 0.765. The van der Waals surface area contributed by atoms with Crippen LogP contribution in [-0.2, 0) is 68.6 Å². The Morgan fingerprint density at radius 1 is 0.683 bits per heavy atom. The van der Waals surface area contributed by atoms with Crippen molar-refractivity contribution in [3.8, 4) is 57.1 Å². The van der Waals surface area contributed by atoms with Crippen molar-refractivity contribution in [1.29, 1.82) is 0 Å². The molecule has 18 atom stereocenters. The second kappa shape index (κ2) is 39.5. The van der Waals surface area contributed by atoms with Crippen LogP contribution >= 0.6 is 46.4 Å². The maximum Gasteiger partial charge on any atom is 0.270 e. The number of benzene rings is 6. The number of aromatic hydroxyl groups is 3. The summed E-state index contributed by atoms with van der Waals surface area (Å²) in [6, 6.07) is 4.85. The van der Waals surface area contributed by atoms with Crippen molar-refractivity contribution >= 4 is 99.6 Å². The van der Waals surface area contributed by atoms with Gasteiger partial charge in [-0.2, -0.15) is 0 Å². The second-order valence-electron chi connectivity index (χ2n) is 31.5. The van der Waals surface area contributed by atoms with Crippen LogP contribution < -0.4 is 73.3 Å². The van der Waals surface area contributed by atoms with Gasteiger partial charge in [0.25, 0.3) is 5.91 Å². The van der Waals surface area contributed by atoms with E-state index in [9.17, 15) is 65.1 Å². The lowest BCUT2D eigenvalue weighted by atomic mass is 9.85. The van der Waals surface area contributed by atoms with Gasteiger partial charge in [0.05, 0.1) is 64.9 Å². The Labute approximate surface area is 724 Å². The topological polar surface area (TPSA) is 550 Å². The predicted molar refractivity (Wildman–Crippen MR) is 438 cm³/mol. The number of phenols is 3. The van der Waals surface area contributed by atoms with Crippen molar-refractivity contribution in [2.75, 3.05) is 46.9 Å². The summed E-state index contributed by atoms with van der Waals surface area (Å²) in [5.74, 6) is -15.3. The number of piperidine rings is 1. The highest BCUT2D eigenvalue weighted by Crippen LogP contribution is 2.50. The molecule has 8 aliphatic heterocycles. The molecule has 123 heavy (non-hydrogen) atoms. The van der Waals surface area contributed by atoms with Gasteiger partial charge in [-0.25, -0.2) is 5.48 Å². The van der Waals surface area contributed by atoms with E-state index in [-0.39, 0.29) is 64.6 Å². The first-order valence-corrected chi connectivity index (χ1v) is 40.9. The quantitative estimate of drug-likeness (QED) is 0.0460. The third-order valence-electron chi connectivity index (χ3n) is 22.2. The Balaban J connectivity index is 0.981. The first kappa shape index (κ1) is 92.2. The van der Waals surface area contributed by atoms with Crippen LogP contribution in [0.3, 0.4) is 0 Å². The third kappa shape index (κ3) is 21.2. The molecule has 14 rings (SSSR count). The lowest BCUT2D eigenvalue weighted by Gasteiger charge is -2.48. The number of rotatable bonds is 21. The van der Waals surface area contributed by atoms with E-state index in [1.807, 2.05) is 13.8 Å². The standard InChI is InChI=1S/C82H96Cl4N12O25/c1-34(2)21-49(88-5)74(110)95-65-67(105)38-9-13-53(47(85)25-38)119-55-27-40-28-56(71(55)123-81-72(70(108)69(107)57(33-99)121-81)122-60-32-82(4,73(109)35(3)118-60)89-17-20-98-18-15-41(16-19-98)90-59(104)23-36-7-11-45(83)46(84)22-36)120-54-14-10-39(26-48(54)86)68(106)66-79(115)94-64(80(116)97-117-6)44-29-42(100)30-52(102)61(44)43-24-37(8-12-51(43)101)62(76(112)96-66)93-77(113)63(40)92-75(111)50(31-58(87)103)91-78(65)114/h7-14,22,24-30,34-35,41,49-50,57,60,62-70,72-73,81,88-89,99-102,105-109H,15-21,23,31-33H2,1-6H3,(H2,87,103)(H,90,104)(H,91,114)(H,92,111)(H,93,113)(H,94,115)(H,95,110)(H,96,112)(H,97,116)/t35-,49+,50-,57+,60-,62+,63+,64+,65+,66-,67+,68+,69+,70-,72+,73+,81-,82-/m0/s1. The number of phenolic OH excluding ortho intramolecular Hbond substituents is 3. The minimum absolute atomic E-state index is 0.0988. The number of hydrogen-bond donors (Lipinski definition) is 20. The molecule has 8 aliphatic rings. The van der Waals surface area contributed by atoms with Gasteiger partial charge in [-0.3, -0.25) is 48.0 Å². The number of nitrogens with one attached hydrogen (secondary N) is 10. The number of hydroxylamine groups is 1. The number of nitrogens with two attached hydrogens (primary N) is 1. The number of carbonyl (C=O) groups is 9. The average molecular weight is 1790 g/mol. The smallest absolute Gasteiger partial charge is 0.270 e. The number of carbonyl (C=O) groups excluding carboxylic acids is 9. The fourth-order valence-corrected chi connectivity index (χ4v) is 16.5. The van der Waals surface area contributed by atoms with Gasteiger partial charge < -0.3 is 133 Å². The molecule has 0 aromatic heterocycles. The molecular weight excluding hydrogens is 1690 g/mol. The molecule has 0 spiro atoms. The molecule has 662 valence electrons. The summed E-state index contributed by atoms with van der Waals surface area (Å²) >= 11 is 26.7. The van der Waals surface area contributed by atoms with Gasteiger partial charge in [-0.05, 0) is 146 Å². The lowest BCUT2D eigenvalue weighted by Crippen LogP contribution is -2.66. The normalized spacial score (nSPS) is 27.3. The van der Waals surface area contributed by atoms with E-state index in [1.54, 1.807) is 32.0 Å². The zero-order valence-electron chi connectivity index (χ0n) is 67.1. The maximum atomic E-state index is 16.3. The Hall–Kier alpha value is -10.0. The number of hydrogen-bond acceptors (Lipinski definition) is 28. The number of amides is 9. The molecule has 9 amide bonds. The van der Waals surface area contributed by atoms with Gasteiger partial charge >= 0.3 is 0 Å². The number of fused-ring (bicyclic) bond motifs is 15. The molecule has 8 heterocycles. The molecule has 11 bridgehead atoms. The summed E-state index contributed by atoms with van der Waals surface area (Å²) in [6.45, 7) is 8.00. The number of nitrogens with zero attached hydrogens (tertiary/aromatic N) is 1. The van der Waals surface area contributed by atoms with Gasteiger partial charge in [0.2, 0.25) is 59.3 Å². The van der Waals surface area contributed by atoms with E-state index >= 15 is 24.0 Å². The van der Waals surface area contributed by atoms with E-state index in [4.69, 9.17) is 85.4 Å². The van der Waals surface area contributed by atoms with E-state index < -0.39 is 237 Å². The van der Waals surface area contributed by atoms with Crippen molar-refractivity contribution in [2.45, 2.75) is 182 Å². The van der Waals surface area contributed by atoms with Crippen molar-refractivity contribution < 1.29 is 122 Å². The van der Waals surface area contributed by atoms with Gasteiger partial charge in [0, 0.05) is 61.4 Å². The number of halogens is 4. The van der Waals surface area contributed by atoms with Crippen LogP contribution in [0.25, 0.3) is 11.1 Å². The molecule has 0 radical (unpaired) electrons. The number of aliphatic hydroxyl groups excluding tert-OH is 6. The molecule has 37 nitrogen and oxygen atoms in total. The first-order valence-electron chi connectivity index (χ1n) is 39.4.